The number of hydrogen-bond acceptors (Lipinski definition) is 4. The lowest BCUT2D eigenvalue weighted by Gasteiger charge is -2.36. The number of imidazole rings is 1. The van der Waals surface area contributed by atoms with Crippen LogP contribution in [0.25, 0.3) is 0 Å². The minimum absolute atomic E-state index is 0. The molecule has 0 spiro atoms. The summed E-state index contributed by atoms with van der Waals surface area (Å²) in [7, 11) is -1.74. The highest BCUT2D eigenvalue weighted by atomic mass is 35.5. The van der Waals surface area contributed by atoms with Crippen molar-refractivity contribution in [3.05, 3.63) is 12.0 Å². The predicted molar refractivity (Wildman–Crippen MR) is 80.4 cm³/mol. The molecule has 6 nitrogen and oxygen atoms in total. The van der Waals surface area contributed by atoms with E-state index in [1.54, 1.807) is 24.7 Å². The van der Waals surface area contributed by atoms with Gasteiger partial charge in [0.1, 0.15) is 5.82 Å². The third kappa shape index (κ3) is 3.16. The zero-order valence-electron chi connectivity index (χ0n) is 12.1. The quantitative estimate of drug-likeness (QED) is 0.901. The summed E-state index contributed by atoms with van der Waals surface area (Å²) in [5.74, 6) is 0.688. The number of halogens is 1. The molecule has 1 aromatic heterocycles. The number of rotatable bonds is 3. The lowest BCUT2D eigenvalue weighted by Crippen LogP contribution is -2.51. The first-order valence-electron chi connectivity index (χ1n) is 6.61. The van der Waals surface area contributed by atoms with Gasteiger partial charge in [-0.25, -0.2) is 13.4 Å². The van der Waals surface area contributed by atoms with Gasteiger partial charge in [0.05, 0.1) is 0 Å². The molecule has 0 radical (unpaired) electrons. The fraction of sp³-hybridized carbons (Fsp3) is 0.750. The van der Waals surface area contributed by atoms with Crippen LogP contribution in [-0.4, -0.2) is 40.9 Å². The third-order valence-corrected chi connectivity index (χ3v) is 5.56. The molecule has 2 unspecified atom stereocenters. The zero-order valence-corrected chi connectivity index (χ0v) is 13.7. The van der Waals surface area contributed by atoms with Crippen molar-refractivity contribution >= 4 is 22.4 Å². The maximum Gasteiger partial charge on any atom is 0.262 e. The van der Waals surface area contributed by atoms with E-state index in [-0.39, 0.29) is 29.5 Å². The molecular weight excluding hydrogens is 300 g/mol. The molecule has 2 atom stereocenters. The first-order chi connectivity index (χ1) is 8.84. The van der Waals surface area contributed by atoms with E-state index in [1.807, 2.05) is 6.92 Å². The van der Waals surface area contributed by atoms with Gasteiger partial charge >= 0.3 is 0 Å². The molecule has 0 amide bonds. The lowest BCUT2D eigenvalue weighted by atomic mass is 10.00. The van der Waals surface area contributed by atoms with Crippen LogP contribution < -0.4 is 5.73 Å². The van der Waals surface area contributed by atoms with Crippen molar-refractivity contribution in [3.63, 3.8) is 0 Å². The molecule has 8 heteroatoms. The van der Waals surface area contributed by atoms with E-state index >= 15 is 0 Å². The monoisotopic (exact) mass is 322 g/mol. The van der Waals surface area contributed by atoms with Crippen LogP contribution in [-0.2, 0) is 17.1 Å². The van der Waals surface area contributed by atoms with Crippen molar-refractivity contribution in [2.45, 2.75) is 50.2 Å². The van der Waals surface area contributed by atoms with E-state index in [0.717, 1.165) is 19.3 Å². The van der Waals surface area contributed by atoms with Crippen molar-refractivity contribution in [2.75, 3.05) is 6.54 Å². The summed E-state index contributed by atoms with van der Waals surface area (Å²) >= 11 is 0. The summed E-state index contributed by atoms with van der Waals surface area (Å²) in [6.07, 6.45) is 4.30. The van der Waals surface area contributed by atoms with E-state index < -0.39 is 10.0 Å². The van der Waals surface area contributed by atoms with Crippen molar-refractivity contribution in [1.82, 2.24) is 13.9 Å². The summed E-state index contributed by atoms with van der Waals surface area (Å²) in [6.45, 7) is 4.19. The van der Waals surface area contributed by atoms with Crippen LogP contribution in [0.2, 0.25) is 0 Å². The highest BCUT2D eigenvalue weighted by molar-refractivity contribution is 7.89. The van der Waals surface area contributed by atoms with Gasteiger partial charge in [-0.2, -0.15) is 4.31 Å². The maximum absolute atomic E-state index is 12.7. The number of piperidine rings is 1. The average molecular weight is 323 g/mol. The molecule has 20 heavy (non-hydrogen) atoms. The average Bonchev–Trinajstić information content (AvgIpc) is 2.70. The summed E-state index contributed by atoms with van der Waals surface area (Å²) in [5.41, 5.74) is 5.94. The molecular formula is C12H23ClN4O2S. The number of hydrogen-bond donors (Lipinski definition) is 1. The minimum Gasteiger partial charge on any atom is -0.337 e. The SMILES string of the molecule is Cc1nc(S(=O)(=O)N2CCCCC2C(C)N)cn1C.Cl. The number of sulfonamides is 1. The van der Waals surface area contributed by atoms with Gasteiger partial charge in [0.25, 0.3) is 10.0 Å². The van der Waals surface area contributed by atoms with Gasteiger partial charge in [0.15, 0.2) is 5.03 Å². The standard InChI is InChI=1S/C12H22N4O2S.ClH/c1-9(13)11-6-4-5-7-16(11)19(17,18)12-8-15(3)10(2)14-12;/h8-9,11H,4-7,13H2,1-3H3;1H. The Balaban J connectivity index is 0.00000200. The summed E-state index contributed by atoms with van der Waals surface area (Å²) in [4.78, 5) is 4.14. The number of aromatic nitrogens is 2. The van der Waals surface area contributed by atoms with Gasteiger partial charge in [-0.1, -0.05) is 6.42 Å². The Bertz CT molecular complexity index is 536. The minimum atomic E-state index is -3.54. The molecule has 1 fully saturated rings. The van der Waals surface area contributed by atoms with Gasteiger partial charge in [0.2, 0.25) is 0 Å². The summed E-state index contributed by atoms with van der Waals surface area (Å²) < 4.78 is 28.6. The summed E-state index contributed by atoms with van der Waals surface area (Å²) in [6, 6.07) is -0.291. The molecule has 0 aromatic carbocycles. The Kier molecular flexibility index (Phi) is 5.60. The Morgan fingerprint density at radius 1 is 1.45 bits per heavy atom. The molecule has 2 N–H and O–H groups in total. The predicted octanol–water partition coefficient (Wildman–Crippen LogP) is 1.04. The molecule has 0 saturated carbocycles. The maximum atomic E-state index is 12.7. The van der Waals surface area contributed by atoms with Gasteiger partial charge in [-0.3, -0.25) is 0 Å². The molecule has 1 aliphatic rings. The Morgan fingerprint density at radius 2 is 2.10 bits per heavy atom. The normalized spacial score (nSPS) is 22.3. The van der Waals surface area contributed by atoms with E-state index in [0.29, 0.717) is 12.4 Å². The van der Waals surface area contributed by atoms with Crippen LogP contribution in [0.3, 0.4) is 0 Å². The zero-order chi connectivity index (χ0) is 14.2. The van der Waals surface area contributed by atoms with Gasteiger partial charge in [0, 0.05) is 31.9 Å². The van der Waals surface area contributed by atoms with Crippen LogP contribution in [0, 0.1) is 6.92 Å². The van der Waals surface area contributed by atoms with Crippen molar-refractivity contribution < 1.29 is 8.42 Å². The second-order valence-corrected chi connectivity index (χ2v) is 7.11. The highest BCUT2D eigenvalue weighted by Gasteiger charge is 2.36. The molecule has 2 heterocycles. The fourth-order valence-corrected chi connectivity index (χ4v) is 4.33. The lowest BCUT2D eigenvalue weighted by molar-refractivity contribution is 0.227. The Hall–Kier alpha value is -0.630. The first kappa shape index (κ1) is 17.4. The fourth-order valence-electron chi connectivity index (χ4n) is 2.53. The molecule has 1 aromatic rings. The van der Waals surface area contributed by atoms with Gasteiger partial charge in [-0.15, -0.1) is 12.4 Å². The smallest absolute Gasteiger partial charge is 0.262 e. The second kappa shape index (κ2) is 6.43. The topological polar surface area (TPSA) is 81.2 Å². The number of nitrogens with zero attached hydrogens (tertiary/aromatic N) is 3. The van der Waals surface area contributed by atoms with Crippen molar-refractivity contribution in [3.8, 4) is 0 Å². The van der Waals surface area contributed by atoms with Crippen molar-refractivity contribution in [1.29, 1.82) is 0 Å². The largest absolute Gasteiger partial charge is 0.337 e. The van der Waals surface area contributed by atoms with E-state index in [1.165, 1.54) is 4.31 Å². The van der Waals surface area contributed by atoms with E-state index in [4.69, 9.17) is 5.73 Å². The second-order valence-electron chi connectivity index (χ2n) is 5.28. The van der Waals surface area contributed by atoms with Crippen LogP contribution in [0.15, 0.2) is 11.2 Å². The molecule has 1 aliphatic heterocycles. The third-order valence-electron chi connectivity index (χ3n) is 3.76. The van der Waals surface area contributed by atoms with E-state index in [9.17, 15) is 8.42 Å². The molecule has 0 aliphatic carbocycles. The number of aryl methyl sites for hydroxylation is 2. The van der Waals surface area contributed by atoms with Crippen molar-refractivity contribution in [2.24, 2.45) is 12.8 Å². The molecule has 116 valence electrons. The number of nitrogens with two attached hydrogens (primary N) is 1. The van der Waals surface area contributed by atoms with Crippen LogP contribution in [0.5, 0.6) is 0 Å². The van der Waals surface area contributed by atoms with Crippen LogP contribution in [0.4, 0.5) is 0 Å². The molecule has 1 saturated heterocycles. The van der Waals surface area contributed by atoms with E-state index in [2.05, 4.69) is 4.98 Å². The highest BCUT2D eigenvalue weighted by Crippen LogP contribution is 2.26. The Labute approximate surface area is 126 Å². The Morgan fingerprint density at radius 3 is 2.60 bits per heavy atom. The van der Waals surface area contributed by atoms with Gasteiger partial charge in [-0.05, 0) is 26.7 Å². The van der Waals surface area contributed by atoms with Crippen LogP contribution in [0.1, 0.15) is 32.0 Å². The summed E-state index contributed by atoms with van der Waals surface area (Å²) in [5, 5.41) is 0.125. The molecule has 0 bridgehead atoms. The van der Waals surface area contributed by atoms with Crippen LogP contribution >= 0.6 is 12.4 Å². The first-order valence-corrected chi connectivity index (χ1v) is 8.05. The molecule has 2 rings (SSSR count). The van der Waals surface area contributed by atoms with Gasteiger partial charge < -0.3 is 10.3 Å².